The molecule has 1 aromatic rings. The zero-order valence-electron chi connectivity index (χ0n) is 10.7. The fraction of sp³-hybridized carbons (Fsp3) is 0.538. The Morgan fingerprint density at radius 3 is 2.65 bits per heavy atom. The van der Waals surface area contributed by atoms with E-state index in [9.17, 15) is 0 Å². The van der Waals surface area contributed by atoms with Gasteiger partial charge in [0.05, 0.1) is 12.1 Å². The van der Waals surface area contributed by atoms with E-state index in [-0.39, 0.29) is 5.54 Å². The molecule has 0 bridgehead atoms. The van der Waals surface area contributed by atoms with Crippen LogP contribution in [0, 0.1) is 5.92 Å². The minimum absolute atomic E-state index is 0.227. The van der Waals surface area contributed by atoms with Crippen LogP contribution in [-0.2, 0) is 4.74 Å². The van der Waals surface area contributed by atoms with E-state index in [0.29, 0.717) is 19.1 Å². The van der Waals surface area contributed by atoms with Crippen LogP contribution in [-0.4, -0.2) is 25.8 Å². The van der Waals surface area contributed by atoms with Gasteiger partial charge in [-0.25, -0.2) is 0 Å². The molecule has 0 amide bonds. The summed E-state index contributed by atoms with van der Waals surface area (Å²) in [5, 5.41) is 3.50. The standard InChI is InChI=1S/C13H21BrN2O/c1-10(2)13(8-15,9-17-3)16-12-6-4-5-11(14)7-12/h4-7,10,16H,8-9,15H2,1-3H3. The van der Waals surface area contributed by atoms with Crippen LogP contribution in [0.4, 0.5) is 5.69 Å². The van der Waals surface area contributed by atoms with Gasteiger partial charge in [0, 0.05) is 23.8 Å². The van der Waals surface area contributed by atoms with Gasteiger partial charge in [-0.1, -0.05) is 35.8 Å². The number of nitrogens with two attached hydrogens (primary N) is 1. The summed E-state index contributed by atoms with van der Waals surface area (Å²) in [6, 6.07) is 8.08. The van der Waals surface area contributed by atoms with Crippen LogP contribution in [0.15, 0.2) is 28.7 Å². The van der Waals surface area contributed by atoms with E-state index in [1.807, 2.05) is 24.3 Å². The van der Waals surface area contributed by atoms with Gasteiger partial charge in [-0.2, -0.15) is 0 Å². The molecule has 4 heteroatoms. The van der Waals surface area contributed by atoms with Crippen LogP contribution in [0.5, 0.6) is 0 Å². The van der Waals surface area contributed by atoms with E-state index in [4.69, 9.17) is 10.5 Å². The minimum atomic E-state index is -0.227. The normalized spacial score (nSPS) is 14.7. The number of anilines is 1. The molecule has 0 aliphatic carbocycles. The Bertz CT molecular complexity index is 357. The molecule has 1 unspecified atom stereocenters. The van der Waals surface area contributed by atoms with Crippen LogP contribution < -0.4 is 11.1 Å². The van der Waals surface area contributed by atoms with Crippen molar-refractivity contribution in [2.75, 3.05) is 25.6 Å². The Morgan fingerprint density at radius 1 is 1.47 bits per heavy atom. The Kier molecular flexibility index (Phi) is 5.43. The summed E-state index contributed by atoms with van der Waals surface area (Å²) >= 11 is 3.47. The maximum atomic E-state index is 5.93. The zero-order chi connectivity index (χ0) is 12.9. The second-order valence-electron chi connectivity index (χ2n) is 4.58. The lowest BCUT2D eigenvalue weighted by Crippen LogP contribution is -2.53. The highest BCUT2D eigenvalue weighted by atomic mass is 79.9. The fourth-order valence-electron chi connectivity index (χ4n) is 1.80. The molecule has 0 aromatic heterocycles. The zero-order valence-corrected chi connectivity index (χ0v) is 12.3. The molecule has 3 nitrogen and oxygen atoms in total. The van der Waals surface area contributed by atoms with Gasteiger partial charge < -0.3 is 15.8 Å². The lowest BCUT2D eigenvalue weighted by molar-refractivity contribution is 0.121. The van der Waals surface area contributed by atoms with Crippen molar-refractivity contribution >= 4 is 21.6 Å². The molecular formula is C13H21BrN2O. The number of rotatable bonds is 6. The molecule has 0 saturated heterocycles. The predicted octanol–water partition coefficient (Wildman–Crippen LogP) is 2.86. The first-order chi connectivity index (χ1) is 8.04. The van der Waals surface area contributed by atoms with E-state index >= 15 is 0 Å². The van der Waals surface area contributed by atoms with Gasteiger partial charge >= 0.3 is 0 Å². The van der Waals surface area contributed by atoms with Crippen molar-refractivity contribution in [2.45, 2.75) is 19.4 Å². The molecule has 0 radical (unpaired) electrons. The topological polar surface area (TPSA) is 47.3 Å². The van der Waals surface area contributed by atoms with E-state index in [1.165, 1.54) is 0 Å². The maximum Gasteiger partial charge on any atom is 0.0751 e. The number of ether oxygens (including phenoxy) is 1. The molecule has 1 atom stereocenters. The van der Waals surface area contributed by atoms with Crippen molar-refractivity contribution in [3.05, 3.63) is 28.7 Å². The Labute approximate surface area is 112 Å². The predicted molar refractivity (Wildman–Crippen MR) is 76.3 cm³/mol. The minimum Gasteiger partial charge on any atom is -0.382 e. The number of hydrogen-bond acceptors (Lipinski definition) is 3. The number of halogens is 1. The lowest BCUT2D eigenvalue weighted by Gasteiger charge is -2.37. The van der Waals surface area contributed by atoms with Crippen molar-refractivity contribution in [3.63, 3.8) is 0 Å². The molecule has 0 heterocycles. The van der Waals surface area contributed by atoms with E-state index in [1.54, 1.807) is 7.11 Å². The summed E-state index contributed by atoms with van der Waals surface area (Å²) in [7, 11) is 1.70. The summed E-state index contributed by atoms with van der Waals surface area (Å²) in [6.45, 7) is 5.42. The van der Waals surface area contributed by atoms with Crippen LogP contribution in [0.3, 0.4) is 0 Å². The van der Waals surface area contributed by atoms with Gasteiger partial charge in [0.1, 0.15) is 0 Å². The Balaban J connectivity index is 2.92. The van der Waals surface area contributed by atoms with Crippen molar-refractivity contribution < 1.29 is 4.74 Å². The van der Waals surface area contributed by atoms with E-state index < -0.39 is 0 Å². The summed E-state index contributed by atoms with van der Waals surface area (Å²) < 4.78 is 6.36. The molecule has 17 heavy (non-hydrogen) atoms. The molecule has 0 aliphatic heterocycles. The second-order valence-corrected chi connectivity index (χ2v) is 5.50. The van der Waals surface area contributed by atoms with Gasteiger partial charge in [0.2, 0.25) is 0 Å². The largest absolute Gasteiger partial charge is 0.382 e. The first-order valence-electron chi connectivity index (χ1n) is 5.77. The smallest absolute Gasteiger partial charge is 0.0751 e. The molecule has 0 saturated carbocycles. The first-order valence-corrected chi connectivity index (χ1v) is 6.56. The molecule has 96 valence electrons. The average Bonchev–Trinajstić information content (AvgIpc) is 2.28. The van der Waals surface area contributed by atoms with Crippen molar-refractivity contribution in [3.8, 4) is 0 Å². The third kappa shape index (κ3) is 3.69. The molecule has 0 aliphatic rings. The summed E-state index contributed by atoms with van der Waals surface area (Å²) in [5.41, 5.74) is 6.75. The summed E-state index contributed by atoms with van der Waals surface area (Å²) in [4.78, 5) is 0. The van der Waals surface area contributed by atoms with Crippen molar-refractivity contribution in [1.82, 2.24) is 0 Å². The average molecular weight is 301 g/mol. The summed E-state index contributed by atoms with van der Waals surface area (Å²) in [5.74, 6) is 0.381. The monoisotopic (exact) mass is 300 g/mol. The van der Waals surface area contributed by atoms with Gasteiger partial charge in [0.25, 0.3) is 0 Å². The Morgan fingerprint density at radius 2 is 2.18 bits per heavy atom. The maximum absolute atomic E-state index is 5.93. The number of nitrogens with one attached hydrogen (secondary N) is 1. The van der Waals surface area contributed by atoms with E-state index in [0.717, 1.165) is 10.2 Å². The number of hydrogen-bond donors (Lipinski definition) is 2. The molecular weight excluding hydrogens is 280 g/mol. The van der Waals surface area contributed by atoms with Gasteiger partial charge in [-0.15, -0.1) is 0 Å². The van der Waals surface area contributed by atoms with E-state index in [2.05, 4.69) is 35.1 Å². The number of benzene rings is 1. The highest BCUT2D eigenvalue weighted by Gasteiger charge is 2.32. The molecule has 0 fully saturated rings. The molecule has 1 aromatic carbocycles. The lowest BCUT2D eigenvalue weighted by atomic mass is 9.86. The van der Waals surface area contributed by atoms with Crippen LogP contribution in [0.1, 0.15) is 13.8 Å². The molecule has 0 spiro atoms. The van der Waals surface area contributed by atoms with Crippen LogP contribution >= 0.6 is 15.9 Å². The first kappa shape index (κ1) is 14.5. The van der Waals surface area contributed by atoms with Crippen LogP contribution in [0.25, 0.3) is 0 Å². The fourth-order valence-corrected chi connectivity index (χ4v) is 2.20. The Hall–Kier alpha value is -0.580. The van der Waals surface area contributed by atoms with Crippen molar-refractivity contribution in [1.29, 1.82) is 0 Å². The highest BCUT2D eigenvalue weighted by molar-refractivity contribution is 9.10. The van der Waals surface area contributed by atoms with Crippen molar-refractivity contribution in [2.24, 2.45) is 11.7 Å². The SMILES string of the molecule is COCC(CN)(Nc1cccc(Br)c1)C(C)C. The molecule has 3 N–H and O–H groups in total. The highest BCUT2D eigenvalue weighted by Crippen LogP contribution is 2.24. The van der Waals surface area contributed by atoms with Gasteiger partial charge in [-0.05, 0) is 24.1 Å². The van der Waals surface area contributed by atoms with Crippen LogP contribution in [0.2, 0.25) is 0 Å². The van der Waals surface area contributed by atoms with Gasteiger partial charge in [0.15, 0.2) is 0 Å². The third-order valence-electron chi connectivity index (χ3n) is 3.09. The van der Waals surface area contributed by atoms with Gasteiger partial charge in [-0.3, -0.25) is 0 Å². The summed E-state index contributed by atoms with van der Waals surface area (Å²) in [6.07, 6.45) is 0. The number of methoxy groups -OCH3 is 1. The second kappa shape index (κ2) is 6.38. The third-order valence-corrected chi connectivity index (χ3v) is 3.58. The molecule has 1 rings (SSSR count). The quantitative estimate of drug-likeness (QED) is 0.849.